The highest BCUT2D eigenvalue weighted by molar-refractivity contribution is 6.08. The van der Waals surface area contributed by atoms with Gasteiger partial charge in [-0.2, -0.15) is 13.2 Å². The zero-order chi connectivity index (χ0) is 32.0. The Bertz CT molecular complexity index is 1530. The molecule has 0 saturated carbocycles. The van der Waals surface area contributed by atoms with Crippen molar-refractivity contribution in [1.29, 1.82) is 0 Å². The molecule has 2 aromatic carbocycles. The molecule has 234 valence electrons. The van der Waals surface area contributed by atoms with Gasteiger partial charge in [0.2, 0.25) is 0 Å². The number of aryl methyl sites for hydroxylation is 1. The smallest absolute Gasteiger partial charge is 0.384 e. The molecule has 3 N–H and O–H groups in total. The maximum absolute atomic E-state index is 13.9. The summed E-state index contributed by atoms with van der Waals surface area (Å²) in [6.07, 6.45) is 5.16. The van der Waals surface area contributed by atoms with E-state index in [1.807, 2.05) is 27.1 Å². The monoisotopic (exact) mass is 606 g/mol. The van der Waals surface area contributed by atoms with E-state index < -0.39 is 17.6 Å². The van der Waals surface area contributed by atoms with Gasteiger partial charge in [0, 0.05) is 29.1 Å². The van der Waals surface area contributed by atoms with Crippen LogP contribution in [0.5, 0.6) is 0 Å². The van der Waals surface area contributed by atoms with E-state index in [2.05, 4.69) is 46.8 Å². The first kappa shape index (κ1) is 32.8. The van der Waals surface area contributed by atoms with Crippen molar-refractivity contribution < 1.29 is 22.8 Å². The van der Waals surface area contributed by atoms with Crippen molar-refractivity contribution in [2.45, 2.75) is 52.6 Å². The summed E-state index contributed by atoms with van der Waals surface area (Å²) in [6, 6.07) is 9.29. The molecule has 9 heteroatoms. The summed E-state index contributed by atoms with van der Waals surface area (Å²) in [5.74, 6) is -0.542. The quantitative estimate of drug-likeness (QED) is 0.243. The van der Waals surface area contributed by atoms with Crippen LogP contribution >= 0.6 is 0 Å². The van der Waals surface area contributed by atoms with Gasteiger partial charge >= 0.3 is 6.18 Å². The molecule has 2 aliphatic rings. The van der Waals surface area contributed by atoms with Gasteiger partial charge in [-0.05, 0) is 101 Å². The summed E-state index contributed by atoms with van der Waals surface area (Å²) in [5.41, 5.74) is 5.66. The van der Waals surface area contributed by atoms with Gasteiger partial charge in [0.05, 0.1) is 16.8 Å². The molecule has 1 unspecified atom stereocenters. The number of alkyl halides is 3. The zero-order valence-electron chi connectivity index (χ0n) is 26.0. The zero-order valence-corrected chi connectivity index (χ0v) is 26.0. The Balaban J connectivity index is 1.60. The maximum Gasteiger partial charge on any atom is 0.416 e. The number of amides is 2. The molecular weight excluding hydrogens is 565 g/mol. The van der Waals surface area contributed by atoms with Gasteiger partial charge in [-0.1, -0.05) is 49.8 Å². The third-order valence-corrected chi connectivity index (χ3v) is 7.91. The minimum absolute atomic E-state index is 0.115. The fourth-order valence-electron chi connectivity index (χ4n) is 5.45. The van der Waals surface area contributed by atoms with E-state index in [0.29, 0.717) is 35.8 Å². The molecular formula is C35H41F3N4O2. The number of benzene rings is 2. The van der Waals surface area contributed by atoms with Crippen LogP contribution in [0.25, 0.3) is 0 Å². The van der Waals surface area contributed by atoms with E-state index in [0.717, 1.165) is 54.8 Å². The Hall–Kier alpha value is -4.11. The lowest BCUT2D eigenvalue weighted by molar-refractivity contribution is -0.137. The number of carbonyl (C=O) groups excluding carboxylic acids is 2. The number of allylic oxidation sites excluding steroid dienone is 6. The number of hydrogen-bond donors (Lipinski definition) is 3. The van der Waals surface area contributed by atoms with Crippen LogP contribution in [0.2, 0.25) is 0 Å². The number of fused-ring (bicyclic) bond motifs is 1. The second-order valence-corrected chi connectivity index (χ2v) is 11.7. The van der Waals surface area contributed by atoms with Crippen LogP contribution in [0.15, 0.2) is 88.7 Å². The molecule has 0 aromatic heterocycles. The topological polar surface area (TPSA) is 73.5 Å². The van der Waals surface area contributed by atoms with E-state index in [-0.39, 0.29) is 11.5 Å². The van der Waals surface area contributed by atoms with Gasteiger partial charge in [0.25, 0.3) is 11.8 Å². The van der Waals surface area contributed by atoms with Crippen molar-refractivity contribution in [3.8, 4) is 0 Å². The summed E-state index contributed by atoms with van der Waals surface area (Å²) >= 11 is 0. The minimum Gasteiger partial charge on any atom is -0.384 e. The largest absolute Gasteiger partial charge is 0.416 e. The Morgan fingerprint density at radius 2 is 1.82 bits per heavy atom. The van der Waals surface area contributed by atoms with Gasteiger partial charge in [-0.25, -0.2) is 0 Å². The lowest BCUT2D eigenvalue weighted by Crippen LogP contribution is -2.27. The number of hydrogen-bond acceptors (Lipinski definition) is 4. The van der Waals surface area contributed by atoms with Crippen molar-refractivity contribution in [2.24, 2.45) is 5.92 Å². The summed E-state index contributed by atoms with van der Waals surface area (Å²) in [5, 5.41) is 9.27. The first-order valence-corrected chi connectivity index (χ1v) is 15.0. The molecule has 4 rings (SSSR count). The summed E-state index contributed by atoms with van der Waals surface area (Å²) in [6.45, 7) is 7.80. The van der Waals surface area contributed by atoms with Gasteiger partial charge in [-0.3, -0.25) is 9.59 Å². The SMILES string of the molecule is CCC1=C2CC(C)C=CC2=C(NCCCN(C)C)C(C(=O)Nc2cc(NC(=O)c3cccc(C(F)(F)F)c3)ccc2C)=CC1. The lowest BCUT2D eigenvalue weighted by atomic mass is 9.84. The average molecular weight is 607 g/mol. The number of nitrogens with zero attached hydrogens (tertiary/aromatic N) is 1. The van der Waals surface area contributed by atoms with E-state index in [1.54, 1.807) is 18.2 Å². The Labute approximate surface area is 257 Å². The van der Waals surface area contributed by atoms with Gasteiger partial charge < -0.3 is 20.9 Å². The predicted molar refractivity (Wildman–Crippen MR) is 170 cm³/mol. The summed E-state index contributed by atoms with van der Waals surface area (Å²) in [4.78, 5) is 28.9. The van der Waals surface area contributed by atoms with Crippen LogP contribution in [0.4, 0.5) is 24.5 Å². The van der Waals surface area contributed by atoms with Crippen LogP contribution < -0.4 is 16.0 Å². The molecule has 0 radical (unpaired) electrons. The van der Waals surface area contributed by atoms with Crippen molar-refractivity contribution in [3.05, 3.63) is 105 Å². The molecule has 2 aromatic rings. The standard InChI is InChI=1S/C35H41F3N4O2/c1-6-24-13-16-29(32(39-17-8-18-42(4)5)28-15-11-22(2)19-30(24)28)34(44)41-31-21-27(14-12-23(31)3)40-33(43)25-9-7-10-26(20-25)35(36,37)38/h7,9-12,14-16,20-22,39H,6,8,13,17-19H2,1-5H3,(H,40,43)(H,41,44). The third-order valence-electron chi connectivity index (χ3n) is 7.91. The predicted octanol–water partition coefficient (Wildman–Crippen LogP) is 7.63. The second-order valence-electron chi connectivity index (χ2n) is 11.7. The van der Waals surface area contributed by atoms with Gasteiger partial charge in [-0.15, -0.1) is 0 Å². The van der Waals surface area contributed by atoms with Crippen LogP contribution in [0.3, 0.4) is 0 Å². The molecule has 6 nitrogen and oxygen atoms in total. The summed E-state index contributed by atoms with van der Waals surface area (Å²) in [7, 11) is 4.06. The van der Waals surface area contributed by atoms with E-state index in [9.17, 15) is 22.8 Å². The van der Waals surface area contributed by atoms with Crippen molar-refractivity contribution >= 4 is 23.2 Å². The highest BCUT2D eigenvalue weighted by Gasteiger charge is 2.31. The number of halogens is 3. The molecule has 1 atom stereocenters. The molecule has 0 aliphatic heterocycles. The average Bonchev–Trinajstić information content (AvgIpc) is 3.12. The fraction of sp³-hybridized carbons (Fsp3) is 0.371. The van der Waals surface area contributed by atoms with E-state index in [4.69, 9.17) is 0 Å². The van der Waals surface area contributed by atoms with Crippen LogP contribution in [0, 0.1) is 12.8 Å². The number of rotatable bonds is 10. The van der Waals surface area contributed by atoms with E-state index in [1.165, 1.54) is 23.3 Å². The van der Waals surface area contributed by atoms with Crippen LogP contribution in [-0.4, -0.2) is 43.9 Å². The number of carbonyl (C=O) groups is 2. The molecule has 2 amide bonds. The molecule has 2 aliphatic carbocycles. The molecule has 0 saturated heterocycles. The fourth-order valence-corrected chi connectivity index (χ4v) is 5.45. The first-order chi connectivity index (χ1) is 20.9. The Morgan fingerprint density at radius 1 is 1.05 bits per heavy atom. The minimum atomic E-state index is -4.56. The highest BCUT2D eigenvalue weighted by Crippen LogP contribution is 2.38. The molecule has 44 heavy (non-hydrogen) atoms. The Morgan fingerprint density at radius 3 is 2.52 bits per heavy atom. The van der Waals surface area contributed by atoms with Gasteiger partial charge in [0.1, 0.15) is 0 Å². The van der Waals surface area contributed by atoms with Gasteiger partial charge in [0.15, 0.2) is 0 Å². The normalized spacial score (nSPS) is 16.8. The van der Waals surface area contributed by atoms with Crippen molar-refractivity contribution in [1.82, 2.24) is 10.2 Å². The van der Waals surface area contributed by atoms with Crippen LogP contribution in [0.1, 0.15) is 61.0 Å². The lowest BCUT2D eigenvalue weighted by Gasteiger charge is -2.24. The van der Waals surface area contributed by atoms with Crippen LogP contribution in [-0.2, 0) is 11.0 Å². The highest BCUT2D eigenvalue weighted by atomic mass is 19.4. The maximum atomic E-state index is 13.9. The second kappa shape index (κ2) is 14.1. The molecule has 0 bridgehead atoms. The molecule has 0 fully saturated rings. The Kier molecular flexibility index (Phi) is 10.5. The molecule has 0 spiro atoms. The number of nitrogens with one attached hydrogen (secondary N) is 3. The van der Waals surface area contributed by atoms with E-state index >= 15 is 0 Å². The number of anilines is 2. The molecule has 0 heterocycles. The van der Waals surface area contributed by atoms with Crippen molar-refractivity contribution in [2.75, 3.05) is 37.8 Å². The summed E-state index contributed by atoms with van der Waals surface area (Å²) < 4.78 is 39.5. The first-order valence-electron chi connectivity index (χ1n) is 15.0. The van der Waals surface area contributed by atoms with Crippen molar-refractivity contribution in [3.63, 3.8) is 0 Å². The third kappa shape index (κ3) is 8.08.